The highest BCUT2D eigenvalue weighted by atomic mass is 19.1. The van der Waals surface area contributed by atoms with Gasteiger partial charge in [-0.25, -0.2) is 22.5 Å². The molecule has 2 fully saturated rings. The highest BCUT2D eigenvalue weighted by molar-refractivity contribution is 6.23. The van der Waals surface area contributed by atoms with Crippen LogP contribution in [-0.4, -0.2) is 11.8 Å². The maximum atomic E-state index is 14.5. The van der Waals surface area contributed by atoms with E-state index >= 15 is 0 Å². The normalized spacial score (nSPS) is 24.5. The Labute approximate surface area is 198 Å². The number of imide groups is 1. The Morgan fingerprint density at radius 2 is 1.06 bits per heavy atom. The summed E-state index contributed by atoms with van der Waals surface area (Å²) >= 11 is 0. The van der Waals surface area contributed by atoms with Gasteiger partial charge < -0.3 is 0 Å². The summed E-state index contributed by atoms with van der Waals surface area (Å²) in [5, 5.41) is 0. The molecule has 0 unspecified atom stereocenters. The molecule has 0 spiro atoms. The molecule has 6 rings (SSSR count). The predicted molar refractivity (Wildman–Crippen MR) is 121 cm³/mol. The number of nitrogens with zero attached hydrogens (tertiary/aromatic N) is 1. The Kier molecular flexibility index (Phi) is 4.78. The number of rotatable bonds is 3. The first-order valence-electron chi connectivity index (χ1n) is 11.1. The van der Waals surface area contributed by atoms with E-state index in [-0.39, 0.29) is 0 Å². The van der Waals surface area contributed by atoms with Crippen LogP contribution in [0.5, 0.6) is 0 Å². The number of para-hydroxylation sites is 1. The van der Waals surface area contributed by atoms with E-state index < -0.39 is 64.4 Å². The summed E-state index contributed by atoms with van der Waals surface area (Å²) < 4.78 is 56.3. The van der Waals surface area contributed by atoms with Crippen molar-refractivity contribution < 1.29 is 27.2 Å². The Morgan fingerprint density at radius 3 is 1.49 bits per heavy atom. The third-order valence-corrected chi connectivity index (χ3v) is 7.13. The first-order valence-corrected chi connectivity index (χ1v) is 11.1. The van der Waals surface area contributed by atoms with Gasteiger partial charge in [-0.2, -0.15) is 0 Å². The van der Waals surface area contributed by atoms with Gasteiger partial charge in [-0.3, -0.25) is 9.59 Å². The molecule has 1 aliphatic heterocycles. The minimum atomic E-state index is -0.985. The lowest BCUT2D eigenvalue weighted by Crippen LogP contribution is -2.34. The van der Waals surface area contributed by atoms with Crippen LogP contribution in [-0.2, 0) is 9.59 Å². The second-order valence-electron chi connectivity index (χ2n) is 8.91. The molecule has 2 bridgehead atoms. The van der Waals surface area contributed by atoms with Crippen molar-refractivity contribution in [2.24, 2.45) is 23.7 Å². The lowest BCUT2D eigenvalue weighted by molar-refractivity contribution is -0.123. The predicted octanol–water partition coefficient (Wildman–Crippen LogP) is 5.67. The summed E-state index contributed by atoms with van der Waals surface area (Å²) in [6.07, 6.45) is 3.67. The zero-order chi connectivity index (χ0) is 24.4. The van der Waals surface area contributed by atoms with E-state index in [0.717, 1.165) is 17.7 Å². The van der Waals surface area contributed by atoms with E-state index in [4.69, 9.17) is 0 Å². The molecule has 4 atom stereocenters. The lowest BCUT2D eigenvalue weighted by atomic mass is 9.85. The van der Waals surface area contributed by atoms with Crippen LogP contribution >= 0.6 is 0 Å². The number of allylic oxidation sites excluding steroid dienone is 3. The van der Waals surface area contributed by atoms with Crippen LogP contribution < -0.4 is 4.90 Å². The van der Waals surface area contributed by atoms with Crippen LogP contribution in [0.25, 0.3) is 5.57 Å². The van der Waals surface area contributed by atoms with Crippen LogP contribution in [0, 0.1) is 46.9 Å². The first-order chi connectivity index (χ1) is 16.9. The molecule has 1 saturated heterocycles. The summed E-state index contributed by atoms with van der Waals surface area (Å²) in [7, 11) is 0. The third-order valence-electron chi connectivity index (χ3n) is 7.13. The topological polar surface area (TPSA) is 37.4 Å². The summed E-state index contributed by atoms with van der Waals surface area (Å²) in [6, 6.07) is 14.8. The summed E-state index contributed by atoms with van der Waals surface area (Å²) in [5.74, 6) is -6.75. The van der Waals surface area contributed by atoms with Gasteiger partial charge in [-0.1, -0.05) is 42.5 Å². The van der Waals surface area contributed by atoms with Crippen LogP contribution in [0.1, 0.15) is 11.1 Å². The monoisotopic (exact) mass is 475 g/mol. The minimum absolute atomic E-state index is 0.422. The molecule has 1 heterocycles. The molecule has 3 nitrogen and oxygen atoms in total. The van der Waals surface area contributed by atoms with E-state index in [2.05, 4.69) is 0 Å². The second kappa shape index (κ2) is 7.77. The lowest BCUT2D eigenvalue weighted by Gasteiger charge is -2.22. The van der Waals surface area contributed by atoms with Gasteiger partial charge in [0.1, 0.15) is 29.0 Å². The number of halogens is 4. The fourth-order valence-electron chi connectivity index (χ4n) is 5.75. The van der Waals surface area contributed by atoms with Gasteiger partial charge in [-0.05, 0) is 58.7 Å². The number of carbonyl (C=O) groups excluding carboxylic acids is 2. The van der Waals surface area contributed by atoms with Gasteiger partial charge in [0, 0.05) is 11.8 Å². The summed E-state index contributed by atoms with van der Waals surface area (Å²) in [6.45, 7) is 0. The van der Waals surface area contributed by atoms with E-state index in [1.54, 1.807) is 24.3 Å². The quantitative estimate of drug-likeness (QED) is 0.278. The average molecular weight is 475 g/mol. The Bertz CT molecular complexity index is 1340. The van der Waals surface area contributed by atoms with Crippen molar-refractivity contribution in [3.63, 3.8) is 0 Å². The zero-order valence-electron chi connectivity index (χ0n) is 18.1. The maximum absolute atomic E-state index is 14.5. The SMILES string of the molecule is O=C1[C@@H]2[C@@H](C(=O)N1c1c(F)cccc1F)[C@H]1C=C[C@@H]2C1=C(c1ccc(F)cc1)c1ccc(F)cc1. The van der Waals surface area contributed by atoms with E-state index in [9.17, 15) is 27.2 Å². The van der Waals surface area contributed by atoms with Crippen molar-refractivity contribution in [1.82, 2.24) is 0 Å². The van der Waals surface area contributed by atoms with E-state index in [0.29, 0.717) is 21.6 Å². The smallest absolute Gasteiger partial charge is 0.238 e. The fourth-order valence-corrected chi connectivity index (χ4v) is 5.75. The Hall–Kier alpha value is -4.00. The molecule has 7 heteroatoms. The van der Waals surface area contributed by atoms with Gasteiger partial charge in [0.2, 0.25) is 11.8 Å². The number of fused-ring (bicyclic) bond motifs is 5. The Balaban J connectivity index is 1.50. The molecular weight excluding hydrogens is 458 g/mol. The summed E-state index contributed by atoms with van der Waals surface area (Å²) in [5.41, 5.74) is 2.13. The number of amides is 2. The van der Waals surface area contributed by atoms with Crippen molar-refractivity contribution in [3.8, 4) is 0 Å². The molecule has 3 aliphatic rings. The zero-order valence-corrected chi connectivity index (χ0v) is 18.1. The highest BCUT2D eigenvalue weighted by Crippen LogP contribution is 2.59. The van der Waals surface area contributed by atoms with Crippen molar-refractivity contribution in [3.05, 3.63) is 119 Å². The van der Waals surface area contributed by atoms with E-state index in [1.165, 1.54) is 30.3 Å². The molecule has 0 aromatic heterocycles. The van der Waals surface area contributed by atoms with Crippen LogP contribution in [0.15, 0.2) is 84.5 Å². The molecule has 35 heavy (non-hydrogen) atoms. The number of hydrogen-bond donors (Lipinski definition) is 0. The van der Waals surface area contributed by atoms with Gasteiger partial charge in [0.25, 0.3) is 0 Å². The van der Waals surface area contributed by atoms with Crippen molar-refractivity contribution in [2.45, 2.75) is 0 Å². The molecule has 3 aromatic carbocycles. The number of benzene rings is 3. The molecular formula is C28H17F4NO2. The van der Waals surface area contributed by atoms with E-state index in [1.807, 2.05) is 12.2 Å². The minimum Gasteiger partial charge on any atom is -0.274 e. The molecule has 0 radical (unpaired) electrons. The van der Waals surface area contributed by atoms with Crippen molar-refractivity contribution in [1.29, 1.82) is 0 Å². The molecule has 3 aromatic rings. The first kappa shape index (κ1) is 21.5. The second-order valence-corrected chi connectivity index (χ2v) is 8.91. The van der Waals surface area contributed by atoms with Gasteiger partial charge in [-0.15, -0.1) is 0 Å². The molecule has 174 valence electrons. The molecule has 2 aliphatic carbocycles. The van der Waals surface area contributed by atoms with Gasteiger partial charge in [0.05, 0.1) is 11.8 Å². The summed E-state index contributed by atoms with van der Waals surface area (Å²) in [4.78, 5) is 27.5. The van der Waals surface area contributed by atoms with Crippen LogP contribution in [0.4, 0.5) is 23.2 Å². The van der Waals surface area contributed by atoms with Crippen molar-refractivity contribution >= 4 is 23.1 Å². The van der Waals surface area contributed by atoms with Gasteiger partial charge in [0.15, 0.2) is 0 Å². The number of hydrogen-bond acceptors (Lipinski definition) is 2. The molecule has 0 N–H and O–H groups in total. The van der Waals surface area contributed by atoms with Crippen LogP contribution in [0.2, 0.25) is 0 Å². The maximum Gasteiger partial charge on any atom is 0.238 e. The Morgan fingerprint density at radius 1 is 0.629 bits per heavy atom. The standard InChI is InChI=1S/C28H17F4NO2/c29-16-8-4-14(5-9-16)22(15-6-10-17(30)11-7-15)23-18-12-13-19(23)25-24(18)27(34)33(28(25)35)26-20(31)2-1-3-21(26)32/h1-13,18-19,24-25H/t18-,19+,24-,25-/m0/s1. The number of carbonyl (C=O) groups is 2. The third kappa shape index (κ3) is 3.11. The number of anilines is 1. The van der Waals surface area contributed by atoms with Gasteiger partial charge >= 0.3 is 0 Å². The average Bonchev–Trinajstić information content (AvgIpc) is 3.47. The fraction of sp³-hybridized carbons (Fsp3) is 0.143. The molecule has 2 amide bonds. The molecule has 1 saturated carbocycles. The van der Waals surface area contributed by atoms with Crippen molar-refractivity contribution in [2.75, 3.05) is 4.90 Å². The van der Waals surface area contributed by atoms with Crippen LogP contribution in [0.3, 0.4) is 0 Å². The highest BCUT2D eigenvalue weighted by Gasteiger charge is 2.63. The largest absolute Gasteiger partial charge is 0.274 e.